The van der Waals surface area contributed by atoms with Crippen LogP contribution in [0.1, 0.15) is 30.1 Å². The second-order valence-electron chi connectivity index (χ2n) is 6.95. The highest BCUT2D eigenvalue weighted by Gasteiger charge is 2.31. The van der Waals surface area contributed by atoms with Crippen LogP contribution in [0.25, 0.3) is 0 Å². The summed E-state index contributed by atoms with van der Waals surface area (Å²) in [6, 6.07) is 10.6. The third-order valence-electron chi connectivity index (χ3n) is 4.34. The van der Waals surface area contributed by atoms with Crippen LogP contribution in [0.5, 0.6) is 5.75 Å². The van der Waals surface area contributed by atoms with Gasteiger partial charge in [-0.1, -0.05) is 0 Å². The predicted octanol–water partition coefficient (Wildman–Crippen LogP) is 4.12. The van der Waals surface area contributed by atoms with Gasteiger partial charge in [0.05, 0.1) is 5.56 Å². The first kappa shape index (κ1) is 22.1. The van der Waals surface area contributed by atoms with E-state index in [9.17, 15) is 27.6 Å². The van der Waals surface area contributed by atoms with Crippen molar-refractivity contribution in [3.63, 3.8) is 0 Å². The predicted molar refractivity (Wildman–Crippen MR) is 104 cm³/mol. The zero-order valence-electron chi connectivity index (χ0n) is 16.4. The summed E-state index contributed by atoms with van der Waals surface area (Å²) < 4.78 is 45.4. The Hall–Kier alpha value is -3.56. The number of esters is 1. The van der Waals surface area contributed by atoms with Gasteiger partial charge >= 0.3 is 12.3 Å². The summed E-state index contributed by atoms with van der Waals surface area (Å²) >= 11 is 0. The SMILES string of the molecule is CC(OC(=O)c1ccc(NC(=O)C2CC2)cc1)C(=O)Nc1ccc(OC(F)(F)F)cc1. The van der Waals surface area contributed by atoms with Crippen LogP contribution in [0.2, 0.25) is 0 Å². The Morgan fingerprint density at radius 3 is 2.03 bits per heavy atom. The minimum Gasteiger partial charge on any atom is -0.449 e. The Balaban J connectivity index is 1.50. The first-order valence-electron chi connectivity index (χ1n) is 9.39. The van der Waals surface area contributed by atoms with Gasteiger partial charge in [0.15, 0.2) is 6.10 Å². The first-order valence-corrected chi connectivity index (χ1v) is 9.39. The maximum atomic E-state index is 12.2. The number of anilines is 2. The number of carbonyl (C=O) groups is 3. The normalized spacial score (nSPS) is 14.3. The van der Waals surface area contributed by atoms with E-state index in [4.69, 9.17) is 4.74 Å². The van der Waals surface area contributed by atoms with Gasteiger partial charge in [0.1, 0.15) is 5.75 Å². The molecular weight excluding hydrogens is 417 g/mol. The fraction of sp³-hybridized carbons (Fsp3) is 0.286. The molecule has 0 bridgehead atoms. The summed E-state index contributed by atoms with van der Waals surface area (Å²) in [5, 5.41) is 5.18. The molecule has 7 nitrogen and oxygen atoms in total. The van der Waals surface area contributed by atoms with Gasteiger partial charge in [-0.05, 0) is 68.3 Å². The molecule has 0 aliphatic heterocycles. The molecule has 1 unspecified atom stereocenters. The monoisotopic (exact) mass is 436 g/mol. The van der Waals surface area contributed by atoms with Crippen LogP contribution in [0.3, 0.4) is 0 Å². The minimum atomic E-state index is -4.81. The molecule has 0 radical (unpaired) electrons. The van der Waals surface area contributed by atoms with E-state index in [1.165, 1.54) is 31.2 Å². The number of carbonyl (C=O) groups excluding carboxylic acids is 3. The van der Waals surface area contributed by atoms with Crippen LogP contribution < -0.4 is 15.4 Å². The Morgan fingerprint density at radius 2 is 1.48 bits per heavy atom. The molecule has 0 aromatic heterocycles. The van der Waals surface area contributed by atoms with E-state index >= 15 is 0 Å². The number of hydrogen-bond donors (Lipinski definition) is 2. The van der Waals surface area contributed by atoms with E-state index in [-0.39, 0.29) is 23.1 Å². The number of alkyl halides is 3. The molecule has 1 saturated carbocycles. The molecule has 1 aliphatic carbocycles. The van der Waals surface area contributed by atoms with E-state index in [2.05, 4.69) is 15.4 Å². The summed E-state index contributed by atoms with van der Waals surface area (Å²) in [6.45, 7) is 1.36. The zero-order valence-corrected chi connectivity index (χ0v) is 16.4. The van der Waals surface area contributed by atoms with E-state index in [0.29, 0.717) is 5.69 Å². The summed E-state index contributed by atoms with van der Waals surface area (Å²) in [4.78, 5) is 36.2. The van der Waals surface area contributed by atoms with Crippen molar-refractivity contribution in [2.75, 3.05) is 10.6 Å². The van der Waals surface area contributed by atoms with Crippen LogP contribution in [0.4, 0.5) is 24.5 Å². The van der Waals surface area contributed by atoms with Crippen molar-refractivity contribution < 1.29 is 37.0 Å². The Labute approximate surface area is 175 Å². The molecule has 0 heterocycles. The molecule has 0 saturated heterocycles. The Bertz CT molecular complexity index is 954. The van der Waals surface area contributed by atoms with Gasteiger partial charge in [-0.15, -0.1) is 13.2 Å². The lowest BCUT2D eigenvalue weighted by molar-refractivity contribution is -0.274. The highest BCUT2D eigenvalue weighted by molar-refractivity contribution is 5.98. The van der Waals surface area contributed by atoms with Gasteiger partial charge in [-0.25, -0.2) is 4.79 Å². The maximum Gasteiger partial charge on any atom is 0.573 e. The van der Waals surface area contributed by atoms with Crippen molar-refractivity contribution in [2.24, 2.45) is 5.92 Å². The van der Waals surface area contributed by atoms with Crippen LogP contribution >= 0.6 is 0 Å². The third kappa shape index (κ3) is 6.73. The van der Waals surface area contributed by atoms with Crippen molar-refractivity contribution in [3.8, 4) is 5.75 Å². The lowest BCUT2D eigenvalue weighted by Gasteiger charge is -2.14. The molecule has 164 valence electrons. The average Bonchev–Trinajstić information content (AvgIpc) is 3.54. The Morgan fingerprint density at radius 1 is 0.935 bits per heavy atom. The molecule has 3 rings (SSSR count). The number of amides is 2. The largest absolute Gasteiger partial charge is 0.573 e. The van der Waals surface area contributed by atoms with Gasteiger partial charge < -0.3 is 20.1 Å². The number of hydrogen-bond acceptors (Lipinski definition) is 5. The number of rotatable bonds is 7. The van der Waals surface area contributed by atoms with E-state index in [1.54, 1.807) is 12.1 Å². The van der Waals surface area contributed by atoms with Gasteiger partial charge in [-0.2, -0.15) is 0 Å². The summed E-state index contributed by atoms with van der Waals surface area (Å²) in [5.41, 5.74) is 0.952. The van der Waals surface area contributed by atoms with Crippen LogP contribution in [0, 0.1) is 5.92 Å². The topological polar surface area (TPSA) is 93.7 Å². The molecule has 2 amide bonds. The van der Waals surface area contributed by atoms with Gasteiger partial charge in [0.2, 0.25) is 5.91 Å². The number of halogens is 3. The van der Waals surface area contributed by atoms with E-state index < -0.39 is 30.1 Å². The molecule has 2 aromatic rings. The third-order valence-corrected chi connectivity index (χ3v) is 4.34. The van der Waals surface area contributed by atoms with Crippen molar-refractivity contribution in [1.29, 1.82) is 0 Å². The molecule has 0 spiro atoms. The first-order chi connectivity index (χ1) is 14.6. The standard InChI is InChI=1S/C21H19F3N2O5/c1-12(18(27)25-16-8-10-17(11-9-16)31-21(22,23)24)30-20(29)14-4-6-15(7-5-14)26-19(28)13-2-3-13/h4-13H,2-3H2,1H3,(H,25,27)(H,26,28). The summed E-state index contributed by atoms with van der Waals surface area (Å²) in [7, 11) is 0. The Kier molecular flexibility index (Phi) is 6.47. The van der Waals surface area contributed by atoms with Gasteiger partial charge in [0.25, 0.3) is 5.91 Å². The number of ether oxygens (including phenoxy) is 2. The second kappa shape index (κ2) is 9.07. The molecule has 2 aromatic carbocycles. The lowest BCUT2D eigenvalue weighted by atomic mass is 10.2. The summed E-state index contributed by atoms with van der Waals surface area (Å²) in [5.74, 6) is -1.83. The molecule has 1 fully saturated rings. The van der Waals surface area contributed by atoms with E-state index in [0.717, 1.165) is 25.0 Å². The highest BCUT2D eigenvalue weighted by atomic mass is 19.4. The van der Waals surface area contributed by atoms with Crippen molar-refractivity contribution in [1.82, 2.24) is 0 Å². The molecule has 1 aliphatic rings. The zero-order chi connectivity index (χ0) is 22.6. The minimum absolute atomic E-state index is 0.0531. The van der Waals surface area contributed by atoms with Crippen molar-refractivity contribution in [3.05, 3.63) is 54.1 Å². The molecular formula is C21H19F3N2O5. The lowest BCUT2D eigenvalue weighted by Crippen LogP contribution is -2.30. The molecule has 10 heteroatoms. The van der Waals surface area contributed by atoms with E-state index in [1.807, 2.05) is 0 Å². The van der Waals surface area contributed by atoms with Gasteiger partial charge in [0, 0.05) is 17.3 Å². The maximum absolute atomic E-state index is 12.2. The smallest absolute Gasteiger partial charge is 0.449 e. The number of nitrogens with one attached hydrogen (secondary N) is 2. The van der Waals surface area contributed by atoms with Gasteiger partial charge in [-0.3, -0.25) is 9.59 Å². The average molecular weight is 436 g/mol. The molecule has 2 N–H and O–H groups in total. The van der Waals surface area contributed by atoms with Crippen molar-refractivity contribution in [2.45, 2.75) is 32.2 Å². The quantitative estimate of drug-likeness (QED) is 0.637. The van der Waals surface area contributed by atoms with Crippen LogP contribution in [0.15, 0.2) is 48.5 Å². The van der Waals surface area contributed by atoms with Crippen molar-refractivity contribution >= 4 is 29.2 Å². The van der Waals surface area contributed by atoms with Crippen LogP contribution in [-0.2, 0) is 14.3 Å². The fourth-order valence-corrected chi connectivity index (χ4v) is 2.55. The highest BCUT2D eigenvalue weighted by Crippen LogP contribution is 2.30. The summed E-state index contributed by atoms with van der Waals surface area (Å²) in [6.07, 6.45) is -4.22. The fourth-order valence-electron chi connectivity index (χ4n) is 2.55. The molecule has 1 atom stereocenters. The second-order valence-corrected chi connectivity index (χ2v) is 6.95. The number of benzene rings is 2. The molecule has 31 heavy (non-hydrogen) atoms. The van der Waals surface area contributed by atoms with Crippen LogP contribution in [-0.4, -0.2) is 30.2 Å².